The minimum atomic E-state index is -0.470. The highest BCUT2D eigenvalue weighted by atomic mass is 16.5. The molecule has 0 aliphatic heterocycles. The molecular weight excluding hydrogens is 346 g/mol. The molecule has 0 aliphatic carbocycles. The van der Waals surface area contributed by atoms with E-state index in [1.54, 1.807) is 31.3 Å². The molecular formula is C21H25NO5. The van der Waals surface area contributed by atoms with Crippen molar-refractivity contribution < 1.29 is 23.8 Å². The van der Waals surface area contributed by atoms with E-state index in [9.17, 15) is 9.59 Å². The summed E-state index contributed by atoms with van der Waals surface area (Å²) in [6.45, 7) is 2.90. The summed E-state index contributed by atoms with van der Waals surface area (Å²) < 4.78 is 15.9. The molecule has 2 rings (SSSR count). The summed E-state index contributed by atoms with van der Waals surface area (Å²) in [6.07, 6.45) is 0.0723. The van der Waals surface area contributed by atoms with E-state index in [0.717, 1.165) is 11.3 Å². The topological polar surface area (TPSA) is 65.1 Å². The fraction of sp³-hybridized carbons (Fsp3) is 0.333. The molecule has 0 spiro atoms. The first-order valence-electron chi connectivity index (χ1n) is 8.87. The lowest BCUT2D eigenvalue weighted by Crippen LogP contribution is -2.31. The van der Waals surface area contributed by atoms with Crippen molar-refractivity contribution in [2.45, 2.75) is 19.9 Å². The maximum atomic E-state index is 12.0. The Balaban J connectivity index is 1.64. The number of carbonyl (C=O) groups is 2. The van der Waals surface area contributed by atoms with Crippen LogP contribution < -0.4 is 9.47 Å². The molecule has 144 valence electrons. The van der Waals surface area contributed by atoms with Gasteiger partial charge in [0.25, 0.3) is 5.91 Å². The molecule has 0 heterocycles. The monoisotopic (exact) mass is 371 g/mol. The van der Waals surface area contributed by atoms with Gasteiger partial charge in [0.2, 0.25) is 0 Å². The lowest BCUT2D eigenvalue weighted by Gasteiger charge is -2.17. The van der Waals surface area contributed by atoms with Crippen LogP contribution in [0, 0.1) is 0 Å². The highest BCUT2D eigenvalue weighted by Crippen LogP contribution is 2.17. The Morgan fingerprint density at radius 1 is 0.926 bits per heavy atom. The Morgan fingerprint density at radius 2 is 1.56 bits per heavy atom. The normalized spacial score (nSPS) is 10.1. The Bertz CT molecular complexity index is 715. The number of hydrogen-bond donors (Lipinski definition) is 0. The molecule has 27 heavy (non-hydrogen) atoms. The van der Waals surface area contributed by atoms with Gasteiger partial charge in [0.1, 0.15) is 11.5 Å². The predicted octanol–water partition coefficient (Wildman–Crippen LogP) is 3.06. The summed E-state index contributed by atoms with van der Waals surface area (Å²) in [7, 11) is 1.68. The third-order valence-electron chi connectivity index (χ3n) is 3.75. The van der Waals surface area contributed by atoms with Gasteiger partial charge < -0.3 is 19.1 Å². The smallest absolute Gasteiger partial charge is 0.309 e. The van der Waals surface area contributed by atoms with Crippen molar-refractivity contribution in [1.82, 2.24) is 4.90 Å². The molecule has 2 aromatic carbocycles. The summed E-state index contributed by atoms with van der Waals surface area (Å²) in [5, 5.41) is 0. The SMILES string of the molecule is CCOc1ccc(OCCC(=O)OCC(=O)N(C)Cc2ccccc2)cc1. The van der Waals surface area contributed by atoms with Gasteiger partial charge in [0.05, 0.1) is 19.6 Å². The van der Waals surface area contributed by atoms with Crippen LogP contribution in [0.25, 0.3) is 0 Å². The van der Waals surface area contributed by atoms with Crippen LogP contribution in [0.4, 0.5) is 0 Å². The minimum absolute atomic E-state index is 0.0723. The Kier molecular flexibility index (Phi) is 8.16. The Morgan fingerprint density at radius 3 is 2.19 bits per heavy atom. The average molecular weight is 371 g/mol. The van der Waals surface area contributed by atoms with Gasteiger partial charge in [0, 0.05) is 13.6 Å². The van der Waals surface area contributed by atoms with Crippen LogP contribution in [0.5, 0.6) is 11.5 Å². The van der Waals surface area contributed by atoms with Gasteiger partial charge in [-0.1, -0.05) is 30.3 Å². The fourth-order valence-electron chi connectivity index (χ4n) is 2.32. The Labute approximate surface area is 159 Å². The lowest BCUT2D eigenvalue weighted by molar-refractivity contribution is -0.152. The lowest BCUT2D eigenvalue weighted by atomic mass is 10.2. The van der Waals surface area contributed by atoms with Crippen molar-refractivity contribution in [2.24, 2.45) is 0 Å². The largest absolute Gasteiger partial charge is 0.494 e. The number of likely N-dealkylation sites (N-methyl/N-ethyl adjacent to an activating group) is 1. The summed E-state index contributed by atoms with van der Waals surface area (Å²) in [5.41, 5.74) is 1.02. The molecule has 6 heteroatoms. The number of ether oxygens (including phenoxy) is 3. The third kappa shape index (κ3) is 7.40. The quantitative estimate of drug-likeness (QED) is 0.601. The van der Waals surface area contributed by atoms with Crippen LogP contribution in [0.15, 0.2) is 54.6 Å². The average Bonchev–Trinajstić information content (AvgIpc) is 2.68. The van der Waals surface area contributed by atoms with Crippen molar-refractivity contribution >= 4 is 11.9 Å². The van der Waals surface area contributed by atoms with E-state index in [4.69, 9.17) is 14.2 Å². The number of carbonyl (C=O) groups excluding carboxylic acids is 2. The molecule has 0 saturated heterocycles. The third-order valence-corrected chi connectivity index (χ3v) is 3.75. The molecule has 0 N–H and O–H groups in total. The second kappa shape index (κ2) is 10.9. The molecule has 6 nitrogen and oxygen atoms in total. The maximum absolute atomic E-state index is 12.0. The van der Waals surface area contributed by atoms with E-state index in [0.29, 0.717) is 18.9 Å². The first kappa shape index (κ1) is 20.3. The van der Waals surface area contributed by atoms with Gasteiger partial charge in [-0.3, -0.25) is 9.59 Å². The number of esters is 1. The summed E-state index contributed by atoms with van der Waals surface area (Å²) in [5.74, 6) is 0.689. The molecule has 0 aliphatic rings. The highest BCUT2D eigenvalue weighted by Gasteiger charge is 2.12. The second-order valence-corrected chi connectivity index (χ2v) is 5.90. The molecule has 0 bridgehead atoms. The van der Waals surface area contributed by atoms with E-state index in [-0.39, 0.29) is 25.5 Å². The van der Waals surface area contributed by atoms with Gasteiger partial charge in [0.15, 0.2) is 6.61 Å². The van der Waals surface area contributed by atoms with Crippen molar-refractivity contribution in [1.29, 1.82) is 0 Å². The summed E-state index contributed by atoms with van der Waals surface area (Å²) in [6, 6.07) is 16.8. The van der Waals surface area contributed by atoms with Crippen molar-refractivity contribution in [3.63, 3.8) is 0 Å². The van der Waals surface area contributed by atoms with Crippen LogP contribution in [-0.2, 0) is 20.9 Å². The zero-order valence-corrected chi connectivity index (χ0v) is 15.7. The first-order chi connectivity index (χ1) is 13.1. The predicted molar refractivity (Wildman–Crippen MR) is 102 cm³/mol. The number of hydrogen-bond acceptors (Lipinski definition) is 5. The van der Waals surface area contributed by atoms with E-state index >= 15 is 0 Å². The molecule has 2 aromatic rings. The standard InChI is InChI=1S/C21H25NO5/c1-3-25-18-9-11-19(12-10-18)26-14-13-21(24)27-16-20(23)22(2)15-17-7-5-4-6-8-17/h4-12H,3,13-16H2,1-2H3. The van der Waals surface area contributed by atoms with Gasteiger partial charge >= 0.3 is 5.97 Å². The zero-order chi connectivity index (χ0) is 19.5. The zero-order valence-electron chi connectivity index (χ0n) is 15.7. The molecule has 0 radical (unpaired) electrons. The van der Waals surface area contributed by atoms with Crippen LogP contribution >= 0.6 is 0 Å². The Hall–Kier alpha value is -3.02. The molecule has 0 unspecified atom stereocenters. The maximum Gasteiger partial charge on any atom is 0.309 e. The molecule has 0 atom stereocenters. The van der Waals surface area contributed by atoms with Crippen LogP contribution in [0.3, 0.4) is 0 Å². The van der Waals surface area contributed by atoms with E-state index < -0.39 is 5.97 Å². The van der Waals surface area contributed by atoms with Gasteiger partial charge in [-0.25, -0.2) is 0 Å². The highest BCUT2D eigenvalue weighted by molar-refractivity contribution is 5.80. The number of nitrogens with zero attached hydrogens (tertiary/aromatic N) is 1. The number of benzene rings is 2. The van der Waals surface area contributed by atoms with Gasteiger partial charge in [-0.15, -0.1) is 0 Å². The van der Waals surface area contributed by atoms with E-state index in [2.05, 4.69) is 0 Å². The summed E-state index contributed by atoms with van der Waals surface area (Å²) in [4.78, 5) is 25.3. The van der Waals surface area contributed by atoms with E-state index in [1.807, 2.05) is 37.3 Å². The van der Waals surface area contributed by atoms with E-state index in [1.165, 1.54) is 4.90 Å². The van der Waals surface area contributed by atoms with Crippen LogP contribution in [0.2, 0.25) is 0 Å². The van der Waals surface area contributed by atoms with Crippen molar-refractivity contribution in [3.8, 4) is 11.5 Å². The first-order valence-corrected chi connectivity index (χ1v) is 8.87. The second-order valence-electron chi connectivity index (χ2n) is 5.90. The number of amides is 1. The molecule has 0 aromatic heterocycles. The van der Waals surface area contributed by atoms with Gasteiger partial charge in [-0.2, -0.15) is 0 Å². The van der Waals surface area contributed by atoms with Crippen LogP contribution in [-0.4, -0.2) is 43.6 Å². The number of rotatable bonds is 10. The molecule has 0 fully saturated rings. The minimum Gasteiger partial charge on any atom is -0.494 e. The fourth-order valence-corrected chi connectivity index (χ4v) is 2.32. The van der Waals surface area contributed by atoms with Crippen LogP contribution in [0.1, 0.15) is 18.9 Å². The van der Waals surface area contributed by atoms with Gasteiger partial charge in [-0.05, 0) is 36.8 Å². The van der Waals surface area contributed by atoms with Crippen molar-refractivity contribution in [3.05, 3.63) is 60.2 Å². The van der Waals surface area contributed by atoms with Crippen molar-refractivity contribution in [2.75, 3.05) is 26.9 Å². The summed E-state index contributed by atoms with van der Waals surface area (Å²) >= 11 is 0. The molecule has 1 amide bonds. The molecule has 0 saturated carbocycles.